The van der Waals surface area contributed by atoms with Gasteiger partial charge in [0.15, 0.2) is 17.5 Å². The number of hydrogen-bond acceptors (Lipinski definition) is 6. The summed E-state index contributed by atoms with van der Waals surface area (Å²) in [6, 6.07) is 2.22. The van der Waals surface area contributed by atoms with Gasteiger partial charge >= 0.3 is 6.03 Å². The lowest BCUT2D eigenvalue weighted by Gasteiger charge is -2.35. The fourth-order valence-electron chi connectivity index (χ4n) is 3.94. The molecule has 0 bridgehead atoms. The molecule has 1 saturated heterocycles. The summed E-state index contributed by atoms with van der Waals surface area (Å²) in [4.78, 5) is 25.2. The number of carbonyl (C=O) groups is 1. The summed E-state index contributed by atoms with van der Waals surface area (Å²) in [7, 11) is 1.98. The lowest BCUT2D eigenvalue weighted by molar-refractivity contribution is 0.0984. The van der Waals surface area contributed by atoms with Crippen molar-refractivity contribution in [2.45, 2.75) is 33.0 Å². The molecule has 2 N–H and O–H groups in total. The first-order chi connectivity index (χ1) is 14.9. The summed E-state index contributed by atoms with van der Waals surface area (Å²) in [5.41, 5.74) is 1.54. The van der Waals surface area contributed by atoms with Crippen LogP contribution in [-0.4, -0.2) is 60.3 Å². The Kier molecular flexibility index (Phi) is 6.01. The molecule has 1 aromatic heterocycles. The van der Waals surface area contributed by atoms with Crippen LogP contribution in [0.3, 0.4) is 0 Å². The molecule has 1 fully saturated rings. The number of benzene rings is 1. The average molecular weight is 432 g/mol. The van der Waals surface area contributed by atoms with Gasteiger partial charge in [-0.25, -0.2) is 23.5 Å². The predicted octanol–water partition coefficient (Wildman–Crippen LogP) is 2.73. The summed E-state index contributed by atoms with van der Waals surface area (Å²) in [6.45, 7) is 7.28. The standard InChI is InChI=1S/C21H26F2N6O2/c1-4-24-21(30)26-15-6-5-13(17(22)18(15)23)19-25-16-10-28(3)9-14(16)20(27-19)29-7-8-31-11-12(29)2/h5-6,12H,4,7-11H2,1-3H3,(H2,24,26,30). The SMILES string of the molecule is CCNC(=O)Nc1ccc(-c2nc3c(c(N4CCOCC4C)n2)CN(C)C3)c(F)c1F. The molecule has 31 heavy (non-hydrogen) atoms. The number of rotatable bonds is 4. The normalized spacial score (nSPS) is 18.7. The third-order valence-corrected chi connectivity index (χ3v) is 5.47. The molecule has 0 radical (unpaired) electrons. The molecule has 1 atom stereocenters. The number of urea groups is 1. The van der Waals surface area contributed by atoms with Crippen molar-refractivity contribution in [1.82, 2.24) is 20.2 Å². The second-order valence-corrected chi connectivity index (χ2v) is 7.86. The van der Waals surface area contributed by atoms with Crippen LogP contribution < -0.4 is 15.5 Å². The fraction of sp³-hybridized carbons (Fsp3) is 0.476. The highest BCUT2D eigenvalue weighted by molar-refractivity contribution is 5.89. The van der Waals surface area contributed by atoms with Crippen molar-refractivity contribution >= 4 is 17.5 Å². The highest BCUT2D eigenvalue weighted by atomic mass is 19.2. The van der Waals surface area contributed by atoms with Crippen molar-refractivity contribution in [2.24, 2.45) is 0 Å². The topological polar surface area (TPSA) is 82.6 Å². The van der Waals surface area contributed by atoms with Crippen molar-refractivity contribution in [1.29, 1.82) is 0 Å². The minimum absolute atomic E-state index is 0.0431. The zero-order valence-corrected chi connectivity index (χ0v) is 17.8. The van der Waals surface area contributed by atoms with Crippen molar-refractivity contribution < 1.29 is 18.3 Å². The van der Waals surface area contributed by atoms with Gasteiger partial charge in [-0.1, -0.05) is 0 Å². The van der Waals surface area contributed by atoms with E-state index in [4.69, 9.17) is 4.74 Å². The molecule has 1 aromatic carbocycles. The number of nitrogens with zero attached hydrogens (tertiary/aromatic N) is 4. The molecule has 0 aliphatic carbocycles. The Hall–Kier alpha value is -2.85. The Bertz CT molecular complexity index is 1000. The van der Waals surface area contributed by atoms with Gasteiger partial charge in [0.05, 0.1) is 36.2 Å². The third-order valence-electron chi connectivity index (χ3n) is 5.47. The number of carbonyl (C=O) groups excluding carboxylic acids is 1. The monoisotopic (exact) mass is 432 g/mol. The molecule has 2 aromatic rings. The van der Waals surface area contributed by atoms with Gasteiger partial charge in [-0.2, -0.15) is 0 Å². The maximum absolute atomic E-state index is 15.0. The summed E-state index contributed by atoms with van der Waals surface area (Å²) in [5.74, 6) is -1.37. The van der Waals surface area contributed by atoms with Gasteiger partial charge < -0.3 is 20.3 Å². The second kappa shape index (κ2) is 8.72. The van der Waals surface area contributed by atoms with Gasteiger partial charge in [0.1, 0.15) is 5.82 Å². The van der Waals surface area contributed by atoms with Gasteiger partial charge in [-0.05, 0) is 33.0 Å². The van der Waals surface area contributed by atoms with E-state index in [-0.39, 0.29) is 23.1 Å². The first-order valence-corrected chi connectivity index (χ1v) is 10.3. The van der Waals surface area contributed by atoms with E-state index in [2.05, 4.69) is 30.4 Å². The molecular weight excluding hydrogens is 406 g/mol. The van der Waals surface area contributed by atoms with Crippen molar-refractivity contribution in [3.63, 3.8) is 0 Å². The first-order valence-electron chi connectivity index (χ1n) is 10.3. The van der Waals surface area contributed by atoms with Gasteiger partial charge in [-0.3, -0.25) is 4.90 Å². The van der Waals surface area contributed by atoms with Gasteiger partial charge in [0, 0.05) is 31.7 Å². The molecule has 3 heterocycles. The summed E-state index contributed by atoms with van der Waals surface area (Å²) in [6.07, 6.45) is 0. The molecule has 1 unspecified atom stereocenters. The zero-order valence-electron chi connectivity index (χ0n) is 17.8. The number of amides is 2. The highest BCUT2D eigenvalue weighted by Crippen LogP contribution is 2.34. The van der Waals surface area contributed by atoms with Crippen molar-refractivity contribution in [3.05, 3.63) is 35.0 Å². The van der Waals surface area contributed by atoms with E-state index in [1.807, 2.05) is 14.0 Å². The van der Waals surface area contributed by atoms with Crippen LogP contribution in [0.4, 0.5) is 25.1 Å². The van der Waals surface area contributed by atoms with Crippen LogP contribution in [0.2, 0.25) is 0 Å². The van der Waals surface area contributed by atoms with Gasteiger partial charge in [0.25, 0.3) is 0 Å². The highest BCUT2D eigenvalue weighted by Gasteiger charge is 2.30. The number of ether oxygens (including phenoxy) is 1. The number of morpholine rings is 1. The Morgan fingerprint density at radius 1 is 1.26 bits per heavy atom. The van der Waals surface area contributed by atoms with Gasteiger partial charge in [-0.15, -0.1) is 0 Å². The fourth-order valence-corrected chi connectivity index (χ4v) is 3.94. The quantitative estimate of drug-likeness (QED) is 0.773. The van der Waals surface area contributed by atoms with E-state index in [9.17, 15) is 13.6 Å². The average Bonchev–Trinajstić information content (AvgIpc) is 3.12. The molecule has 166 valence electrons. The Labute approximate surface area is 179 Å². The molecule has 2 aliphatic rings. The van der Waals surface area contributed by atoms with Crippen LogP contribution in [0.1, 0.15) is 25.1 Å². The van der Waals surface area contributed by atoms with Crippen molar-refractivity contribution in [2.75, 3.05) is 43.6 Å². The minimum Gasteiger partial charge on any atom is -0.377 e. The lowest BCUT2D eigenvalue weighted by Crippen LogP contribution is -2.44. The minimum atomic E-state index is -1.15. The molecule has 10 heteroatoms. The lowest BCUT2D eigenvalue weighted by atomic mass is 10.1. The number of nitrogens with one attached hydrogen (secondary N) is 2. The molecular formula is C21H26F2N6O2. The molecule has 2 aliphatic heterocycles. The summed E-state index contributed by atoms with van der Waals surface area (Å²) < 4.78 is 35.2. The number of aromatic nitrogens is 2. The number of hydrogen-bond donors (Lipinski definition) is 2. The van der Waals surface area contributed by atoms with Crippen molar-refractivity contribution in [3.8, 4) is 11.4 Å². The van der Waals surface area contributed by atoms with Crippen LogP contribution in [0.25, 0.3) is 11.4 Å². The molecule has 4 rings (SSSR count). The van der Waals surface area contributed by atoms with Crippen LogP contribution in [-0.2, 0) is 17.8 Å². The maximum Gasteiger partial charge on any atom is 0.319 e. The Morgan fingerprint density at radius 3 is 2.81 bits per heavy atom. The van der Waals surface area contributed by atoms with E-state index in [0.29, 0.717) is 39.4 Å². The molecule has 0 spiro atoms. The van der Waals surface area contributed by atoms with E-state index < -0.39 is 17.7 Å². The largest absolute Gasteiger partial charge is 0.377 e. The molecule has 8 nitrogen and oxygen atoms in total. The predicted molar refractivity (Wildman–Crippen MR) is 113 cm³/mol. The van der Waals surface area contributed by atoms with Crippen LogP contribution >= 0.6 is 0 Å². The van der Waals surface area contributed by atoms with Crippen LogP contribution in [0.15, 0.2) is 12.1 Å². The third kappa shape index (κ3) is 4.17. The Balaban J connectivity index is 1.75. The van der Waals surface area contributed by atoms with E-state index >= 15 is 0 Å². The maximum atomic E-state index is 15.0. The summed E-state index contributed by atoms with van der Waals surface area (Å²) >= 11 is 0. The van der Waals surface area contributed by atoms with E-state index in [0.717, 1.165) is 17.1 Å². The number of fused-ring (bicyclic) bond motifs is 1. The zero-order chi connectivity index (χ0) is 22.1. The number of anilines is 2. The summed E-state index contributed by atoms with van der Waals surface area (Å²) in [5, 5.41) is 4.80. The van der Waals surface area contributed by atoms with Crippen LogP contribution in [0.5, 0.6) is 0 Å². The smallest absolute Gasteiger partial charge is 0.319 e. The second-order valence-electron chi connectivity index (χ2n) is 7.86. The Morgan fingerprint density at radius 2 is 2.06 bits per heavy atom. The van der Waals surface area contributed by atoms with Crippen LogP contribution in [0, 0.1) is 11.6 Å². The van der Waals surface area contributed by atoms with E-state index in [1.54, 1.807) is 6.92 Å². The first kappa shape index (κ1) is 21.4. The number of halogens is 2. The molecule has 2 amide bonds. The van der Waals surface area contributed by atoms with Gasteiger partial charge in [0.2, 0.25) is 0 Å². The van der Waals surface area contributed by atoms with E-state index in [1.165, 1.54) is 12.1 Å². The molecule has 0 saturated carbocycles.